The average Bonchev–Trinajstić information content (AvgIpc) is 3.03. The summed E-state index contributed by atoms with van der Waals surface area (Å²) in [6.07, 6.45) is 0.736. The fourth-order valence-corrected chi connectivity index (χ4v) is 2.89. The lowest BCUT2D eigenvalue weighted by Gasteiger charge is -2.08. The smallest absolute Gasteiger partial charge is 0.178 e. The third-order valence-electron chi connectivity index (χ3n) is 3.09. The van der Waals surface area contributed by atoms with Crippen LogP contribution in [0.15, 0.2) is 53.9 Å². The van der Waals surface area contributed by atoms with E-state index in [-0.39, 0.29) is 0 Å². The van der Waals surface area contributed by atoms with Gasteiger partial charge in [-0.25, -0.2) is 4.98 Å². The highest BCUT2D eigenvalue weighted by atomic mass is 35.5. The van der Waals surface area contributed by atoms with Gasteiger partial charge in [-0.2, -0.15) is 0 Å². The van der Waals surface area contributed by atoms with Gasteiger partial charge in [0.25, 0.3) is 0 Å². The second-order valence-electron chi connectivity index (χ2n) is 4.60. The fourth-order valence-electron chi connectivity index (χ4n) is 2.00. The maximum atomic E-state index is 10.7. The first-order chi connectivity index (χ1) is 10.8. The predicted molar refractivity (Wildman–Crippen MR) is 88.7 cm³/mol. The highest BCUT2D eigenvalue weighted by molar-refractivity contribution is 7.11. The van der Waals surface area contributed by atoms with Gasteiger partial charge in [0.15, 0.2) is 11.3 Å². The monoisotopic (exact) mass is 329 g/mol. The number of thiazole rings is 1. The molecule has 0 spiro atoms. The summed E-state index contributed by atoms with van der Waals surface area (Å²) in [4.78, 5) is 14.9. The van der Waals surface area contributed by atoms with Gasteiger partial charge in [-0.1, -0.05) is 41.9 Å². The molecule has 0 amide bonds. The van der Waals surface area contributed by atoms with Crippen LogP contribution in [0.4, 0.5) is 0 Å². The number of hydrogen-bond donors (Lipinski definition) is 0. The summed E-state index contributed by atoms with van der Waals surface area (Å²) >= 11 is 7.59. The van der Waals surface area contributed by atoms with E-state index < -0.39 is 0 Å². The number of hydrogen-bond acceptors (Lipinski definition) is 4. The van der Waals surface area contributed by atoms with Crippen LogP contribution in [0.1, 0.15) is 15.4 Å². The summed E-state index contributed by atoms with van der Waals surface area (Å²) in [6, 6.07) is 15.4. The van der Waals surface area contributed by atoms with Crippen LogP contribution in [0, 0.1) is 0 Å². The molecule has 0 saturated heterocycles. The van der Waals surface area contributed by atoms with Crippen LogP contribution in [0.3, 0.4) is 0 Å². The summed E-state index contributed by atoms with van der Waals surface area (Å²) in [5.41, 5.74) is 2.59. The average molecular weight is 330 g/mol. The molecule has 0 unspecified atom stereocenters. The van der Waals surface area contributed by atoms with Gasteiger partial charge in [0, 0.05) is 10.9 Å². The standard InChI is InChI=1S/C17H12ClNO2S/c18-15-8-13(21-10-12-4-2-1-3-5-12)6-7-14(15)16-11-22-17(9-20)19-16/h1-9,11H,10H2. The third kappa shape index (κ3) is 3.35. The Hall–Kier alpha value is -2.17. The Morgan fingerprint density at radius 3 is 2.68 bits per heavy atom. The van der Waals surface area contributed by atoms with Gasteiger partial charge >= 0.3 is 0 Å². The van der Waals surface area contributed by atoms with Gasteiger partial charge in [0.1, 0.15) is 12.4 Å². The molecule has 1 aromatic heterocycles. The van der Waals surface area contributed by atoms with Crippen LogP contribution in [-0.2, 0) is 6.61 Å². The number of aldehydes is 1. The lowest BCUT2D eigenvalue weighted by Crippen LogP contribution is -1.95. The molecule has 0 bridgehead atoms. The Bertz CT molecular complexity index is 786. The maximum Gasteiger partial charge on any atom is 0.178 e. The van der Waals surface area contributed by atoms with Crippen molar-refractivity contribution in [1.29, 1.82) is 0 Å². The second-order valence-corrected chi connectivity index (χ2v) is 5.90. The molecule has 0 saturated carbocycles. The van der Waals surface area contributed by atoms with Crippen molar-refractivity contribution in [3.05, 3.63) is 69.5 Å². The van der Waals surface area contributed by atoms with Crippen LogP contribution in [0.25, 0.3) is 11.3 Å². The number of carbonyl (C=O) groups excluding carboxylic acids is 1. The van der Waals surface area contributed by atoms with E-state index in [0.29, 0.717) is 28.1 Å². The zero-order valence-electron chi connectivity index (χ0n) is 11.5. The molecule has 0 aliphatic carbocycles. The fraction of sp³-hybridized carbons (Fsp3) is 0.0588. The summed E-state index contributed by atoms with van der Waals surface area (Å²) in [7, 11) is 0. The number of aromatic nitrogens is 1. The number of rotatable bonds is 5. The van der Waals surface area contributed by atoms with Crippen LogP contribution in [0.5, 0.6) is 5.75 Å². The first-order valence-corrected chi connectivity index (χ1v) is 7.89. The van der Waals surface area contributed by atoms with E-state index in [1.165, 1.54) is 11.3 Å². The van der Waals surface area contributed by atoms with E-state index in [2.05, 4.69) is 4.98 Å². The molecule has 110 valence electrons. The number of benzene rings is 2. The van der Waals surface area contributed by atoms with Gasteiger partial charge in [0.2, 0.25) is 0 Å². The quantitative estimate of drug-likeness (QED) is 0.628. The first-order valence-electron chi connectivity index (χ1n) is 6.63. The largest absolute Gasteiger partial charge is 0.489 e. The van der Waals surface area contributed by atoms with Crippen molar-refractivity contribution in [2.75, 3.05) is 0 Å². The van der Waals surface area contributed by atoms with Gasteiger partial charge in [0.05, 0.1) is 10.7 Å². The topological polar surface area (TPSA) is 39.2 Å². The van der Waals surface area contributed by atoms with E-state index in [0.717, 1.165) is 17.4 Å². The van der Waals surface area contributed by atoms with Gasteiger partial charge < -0.3 is 4.74 Å². The van der Waals surface area contributed by atoms with E-state index in [4.69, 9.17) is 16.3 Å². The zero-order valence-corrected chi connectivity index (χ0v) is 13.1. The van der Waals surface area contributed by atoms with Gasteiger partial charge in [-0.3, -0.25) is 4.79 Å². The van der Waals surface area contributed by atoms with Crippen molar-refractivity contribution in [3.63, 3.8) is 0 Å². The van der Waals surface area contributed by atoms with E-state index in [1.807, 2.05) is 47.8 Å². The van der Waals surface area contributed by atoms with Crippen molar-refractivity contribution >= 4 is 29.2 Å². The lowest BCUT2D eigenvalue weighted by molar-refractivity contribution is 0.112. The number of carbonyl (C=O) groups is 1. The molecule has 0 atom stereocenters. The third-order valence-corrected chi connectivity index (χ3v) is 4.17. The van der Waals surface area contributed by atoms with Crippen molar-refractivity contribution in [2.24, 2.45) is 0 Å². The van der Waals surface area contributed by atoms with E-state index in [9.17, 15) is 4.79 Å². The SMILES string of the molecule is O=Cc1nc(-c2ccc(OCc3ccccc3)cc2Cl)cs1. The Morgan fingerprint density at radius 1 is 1.18 bits per heavy atom. The number of ether oxygens (including phenoxy) is 1. The Labute approximate surface area is 137 Å². The normalized spacial score (nSPS) is 10.4. The van der Waals surface area contributed by atoms with Crippen molar-refractivity contribution in [2.45, 2.75) is 6.61 Å². The summed E-state index contributed by atoms with van der Waals surface area (Å²) < 4.78 is 5.73. The molecule has 0 aliphatic rings. The number of nitrogens with zero attached hydrogens (tertiary/aromatic N) is 1. The number of halogens is 1. The van der Waals surface area contributed by atoms with E-state index in [1.54, 1.807) is 6.07 Å². The minimum Gasteiger partial charge on any atom is -0.489 e. The summed E-state index contributed by atoms with van der Waals surface area (Å²) in [6.45, 7) is 0.489. The molecule has 0 aliphatic heterocycles. The predicted octanol–water partition coefficient (Wildman–Crippen LogP) is 4.86. The minimum atomic E-state index is 0.440. The Morgan fingerprint density at radius 2 is 2.00 bits per heavy atom. The lowest BCUT2D eigenvalue weighted by atomic mass is 10.1. The highest BCUT2D eigenvalue weighted by Crippen LogP contribution is 2.31. The van der Waals surface area contributed by atoms with Crippen LogP contribution in [0.2, 0.25) is 5.02 Å². The molecule has 0 radical (unpaired) electrons. The second kappa shape index (κ2) is 6.73. The molecule has 3 aromatic rings. The van der Waals surface area contributed by atoms with Gasteiger partial charge in [-0.15, -0.1) is 11.3 Å². The summed E-state index contributed by atoms with van der Waals surface area (Å²) in [5.74, 6) is 0.698. The van der Waals surface area contributed by atoms with Crippen LogP contribution in [-0.4, -0.2) is 11.3 Å². The van der Waals surface area contributed by atoms with Crippen molar-refractivity contribution in [1.82, 2.24) is 4.98 Å². The highest BCUT2D eigenvalue weighted by Gasteiger charge is 2.09. The molecule has 2 aromatic carbocycles. The van der Waals surface area contributed by atoms with Crippen molar-refractivity contribution in [3.8, 4) is 17.0 Å². The molecule has 5 heteroatoms. The molecular formula is C17H12ClNO2S. The molecule has 0 fully saturated rings. The minimum absolute atomic E-state index is 0.440. The van der Waals surface area contributed by atoms with Crippen molar-refractivity contribution < 1.29 is 9.53 Å². The Balaban J connectivity index is 1.75. The van der Waals surface area contributed by atoms with Gasteiger partial charge in [-0.05, 0) is 23.8 Å². The molecule has 0 N–H and O–H groups in total. The Kier molecular flexibility index (Phi) is 4.51. The molecule has 3 nitrogen and oxygen atoms in total. The molecule has 1 heterocycles. The summed E-state index contributed by atoms with van der Waals surface area (Å²) in [5, 5.41) is 2.80. The zero-order chi connectivity index (χ0) is 15.4. The molecule has 22 heavy (non-hydrogen) atoms. The first kappa shape index (κ1) is 14.8. The van der Waals surface area contributed by atoms with Crippen LogP contribution >= 0.6 is 22.9 Å². The van der Waals surface area contributed by atoms with Crippen LogP contribution < -0.4 is 4.74 Å². The molecule has 3 rings (SSSR count). The molecular weight excluding hydrogens is 318 g/mol. The van der Waals surface area contributed by atoms with E-state index >= 15 is 0 Å². The maximum absolute atomic E-state index is 10.7.